The molecule has 2 N–H and O–H groups in total. The van der Waals surface area contributed by atoms with Crippen molar-refractivity contribution in [1.82, 2.24) is 15.2 Å². The summed E-state index contributed by atoms with van der Waals surface area (Å²) in [4.78, 5) is 17.8. The molecule has 1 aliphatic carbocycles. The minimum atomic E-state index is -0.159. The molecular weight excluding hydrogens is 228 g/mol. The maximum Gasteiger partial charge on any atom is 0.269 e. The number of nitrogens with one attached hydrogen (secondary N) is 2. The molecule has 0 bridgehead atoms. The van der Waals surface area contributed by atoms with E-state index in [0.29, 0.717) is 5.69 Å². The lowest BCUT2D eigenvalue weighted by Crippen LogP contribution is -2.27. The Hall–Kier alpha value is -1.62. The maximum atomic E-state index is 11.4. The first kappa shape index (κ1) is 12.8. The van der Waals surface area contributed by atoms with E-state index in [9.17, 15) is 4.79 Å². The van der Waals surface area contributed by atoms with E-state index in [1.54, 1.807) is 19.3 Å². The number of hydrogen-bond donors (Lipinski definition) is 2. The molecule has 98 valence electrons. The van der Waals surface area contributed by atoms with Gasteiger partial charge < -0.3 is 15.5 Å². The number of amides is 1. The smallest absolute Gasteiger partial charge is 0.269 e. The highest BCUT2D eigenvalue weighted by molar-refractivity contribution is 5.92. The molecule has 5 nitrogen and oxygen atoms in total. The zero-order valence-electron chi connectivity index (χ0n) is 10.9. The molecule has 1 aliphatic rings. The van der Waals surface area contributed by atoms with Gasteiger partial charge in [-0.15, -0.1) is 0 Å². The Morgan fingerprint density at radius 1 is 1.56 bits per heavy atom. The van der Waals surface area contributed by atoms with Crippen molar-refractivity contribution in [1.29, 1.82) is 0 Å². The molecule has 0 radical (unpaired) electrons. The fourth-order valence-corrected chi connectivity index (χ4v) is 1.87. The van der Waals surface area contributed by atoms with Gasteiger partial charge in [0, 0.05) is 38.1 Å². The lowest BCUT2D eigenvalue weighted by atomic mass is 10.3. The van der Waals surface area contributed by atoms with Gasteiger partial charge in [-0.25, -0.2) is 0 Å². The third-order valence-electron chi connectivity index (χ3n) is 3.18. The van der Waals surface area contributed by atoms with E-state index in [1.807, 2.05) is 6.07 Å². The fourth-order valence-electron chi connectivity index (χ4n) is 1.87. The Balaban J connectivity index is 1.83. The molecule has 0 unspecified atom stereocenters. The van der Waals surface area contributed by atoms with Gasteiger partial charge in [-0.2, -0.15) is 0 Å². The highest BCUT2D eigenvalue weighted by atomic mass is 16.1. The summed E-state index contributed by atoms with van der Waals surface area (Å²) < 4.78 is 0. The number of anilines is 1. The minimum Gasteiger partial charge on any atom is -0.384 e. The molecule has 0 saturated heterocycles. The van der Waals surface area contributed by atoms with Crippen molar-refractivity contribution in [2.75, 3.05) is 32.5 Å². The number of carbonyl (C=O) groups excluding carboxylic acids is 1. The van der Waals surface area contributed by atoms with E-state index >= 15 is 0 Å². The first-order valence-corrected chi connectivity index (χ1v) is 6.33. The van der Waals surface area contributed by atoms with E-state index in [1.165, 1.54) is 12.8 Å². The second-order valence-electron chi connectivity index (χ2n) is 4.65. The molecule has 1 amide bonds. The van der Waals surface area contributed by atoms with Crippen LogP contribution in [0.4, 0.5) is 5.69 Å². The quantitative estimate of drug-likeness (QED) is 0.787. The number of pyridine rings is 1. The number of rotatable bonds is 6. The van der Waals surface area contributed by atoms with E-state index < -0.39 is 0 Å². The molecule has 0 aromatic carbocycles. The van der Waals surface area contributed by atoms with Crippen LogP contribution in [0.5, 0.6) is 0 Å². The zero-order chi connectivity index (χ0) is 13.0. The molecule has 0 atom stereocenters. The van der Waals surface area contributed by atoms with Crippen molar-refractivity contribution in [2.45, 2.75) is 18.9 Å². The Labute approximate surface area is 108 Å². The molecule has 0 aliphatic heterocycles. The van der Waals surface area contributed by atoms with Gasteiger partial charge in [0.2, 0.25) is 0 Å². The van der Waals surface area contributed by atoms with Crippen LogP contribution in [0.1, 0.15) is 23.3 Å². The number of nitrogens with zero attached hydrogens (tertiary/aromatic N) is 2. The van der Waals surface area contributed by atoms with Gasteiger partial charge in [0.05, 0.1) is 0 Å². The van der Waals surface area contributed by atoms with Crippen LogP contribution in [0.3, 0.4) is 0 Å². The van der Waals surface area contributed by atoms with Crippen LogP contribution >= 0.6 is 0 Å². The highest BCUT2D eigenvalue weighted by Gasteiger charge is 2.25. The zero-order valence-corrected chi connectivity index (χ0v) is 10.9. The maximum absolute atomic E-state index is 11.4. The van der Waals surface area contributed by atoms with E-state index in [4.69, 9.17) is 0 Å². The third-order valence-corrected chi connectivity index (χ3v) is 3.18. The highest BCUT2D eigenvalue weighted by Crippen LogP contribution is 2.24. The summed E-state index contributed by atoms with van der Waals surface area (Å²) in [6.45, 7) is 1.90. The molecule has 1 saturated carbocycles. The Bertz CT molecular complexity index is 417. The van der Waals surface area contributed by atoms with Gasteiger partial charge in [-0.1, -0.05) is 0 Å². The van der Waals surface area contributed by atoms with E-state index in [0.717, 1.165) is 24.8 Å². The van der Waals surface area contributed by atoms with Crippen molar-refractivity contribution in [3.63, 3.8) is 0 Å². The molecule has 1 fully saturated rings. The second-order valence-corrected chi connectivity index (χ2v) is 4.65. The predicted octanol–water partition coefficient (Wildman–Crippen LogP) is 0.947. The van der Waals surface area contributed by atoms with Crippen molar-refractivity contribution in [3.8, 4) is 0 Å². The monoisotopic (exact) mass is 248 g/mol. The predicted molar refractivity (Wildman–Crippen MR) is 71.8 cm³/mol. The summed E-state index contributed by atoms with van der Waals surface area (Å²) in [6.07, 6.45) is 4.30. The first-order valence-electron chi connectivity index (χ1n) is 6.33. The summed E-state index contributed by atoms with van der Waals surface area (Å²) in [6, 6.07) is 4.44. The average Bonchev–Trinajstić information content (AvgIpc) is 3.22. The topological polar surface area (TPSA) is 57.3 Å². The normalized spacial score (nSPS) is 14.6. The molecule has 1 aromatic rings. The van der Waals surface area contributed by atoms with Gasteiger partial charge in [-0.05, 0) is 32.0 Å². The SMILES string of the molecule is CNC(=O)c1cc(NCCN(C)C2CC2)ccn1. The minimum absolute atomic E-state index is 0.159. The van der Waals surface area contributed by atoms with E-state index in [2.05, 4.69) is 27.6 Å². The Kier molecular flexibility index (Phi) is 4.15. The summed E-state index contributed by atoms with van der Waals surface area (Å²) in [7, 11) is 3.76. The van der Waals surface area contributed by atoms with Gasteiger partial charge >= 0.3 is 0 Å². The first-order chi connectivity index (χ1) is 8.70. The van der Waals surface area contributed by atoms with Gasteiger partial charge in [0.25, 0.3) is 5.91 Å². The van der Waals surface area contributed by atoms with Gasteiger partial charge in [0.15, 0.2) is 0 Å². The lowest BCUT2D eigenvalue weighted by molar-refractivity contribution is 0.0958. The summed E-state index contributed by atoms with van der Waals surface area (Å²) in [5, 5.41) is 5.88. The molecule has 5 heteroatoms. The van der Waals surface area contributed by atoms with Crippen molar-refractivity contribution >= 4 is 11.6 Å². The van der Waals surface area contributed by atoms with Crippen LogP contribution < -0.4 is 10.6 Å². The van der Waals surface area contributed by atoms with Crippen LogP contribution in [-0.4, -0.2) is 49.0 Å². The largest absolute Gasteiger partial charge is 0.384 e. The van der Waals surface area contributed by atoms with Crippen LogP contribution in [0.15, 0.2) is 18.3 Å². The standard InChI is InChI=1S/C13H20N4O/c1-14-13(18)12-9-10(5-6-16-12)15-7-8-17(2)11-3-4-11/h5-6,9,11H,3-4,7-8H2,1-2H3,(H,14,18)(H,15,16). The van der Waals surface area contributed by atoms with Crippen LogP contribution in [0.2, 0.25) is 0 Å². The van der Waals surface area contributed by atoms with Crippen LogP contribution in [0.25, 0.3) is 0 Å². The number of likely N-dealkylation sites (N-methyl/N-ethyl adjacent to an activating group) is 1. The van der Waals surface area contributed by atoms with Gasteiger partial charge in [0.1, 0.15) is 5.69 Å². The number of hydrogen-bond acceptors (Lipinski definition) is 4. The molecule has 0 spiro atoms. The summed E-state index contributed by atoms with van der Waals surface area (Å²) in [5.41, 5.74) is 1.38. The molecule has 1 aromatic heterocycles. The fraction of sp³-hybridized carbons (Fsp3) is 0.538. The summed E-state index contributed by atoms with van der Waals surface area (Å²) in [5.74, 6) is -0.159. The summed E-state index contributed by atoms with van der Waals surface area (Å²) >= 11 is 0. The molecule has 1 heterocycles. The second kappa shape index (κ2) is 5.82. The molecule has 2 rings (SSSR count). The molecular formula is C13H20N4O. The Morgan fingerprint density at radius 3 is 3.00 bits per heavy atom. The third kappa shape index (κ3) is 3.43. The number of aromatic nitrogens is 1. The Morgan fingerprint density at radius 2 is 2.33 bits per heavy atom. The lowest BCUT2D eigenvalue weighted by Gasteiger charge is -2.16. The van der Waals surface area contributed by atoms with Crippen LogP contribution in [-0.2, 0) is 0 Å². The average molecular weight is 248 g/mol. The molecule has 18 heavy (non-hydrogen) atoms. The van der Waals surface area contributed by atoms with Crippen molar-refractivity contribution in [3.05, 3.63) is 24.0 Å². The number of carbonyl (C=O) groups is 1. The van der Waals surface area contributed by atoms with Crippen molar-refractivity contribution in [2.24, 2.45) is 0 Å². The van der Waals surface area contributed by atoms with Crippen molar-refractivity contribution < 1.29 is 4.79 Å². The van der Waals surface area contributed by atoms with Crippen LogP contribution in [0, 0.1) is 0 Å². The van der Waals surface area contributed by atoms with Gasteiger partial charge in [-0.3, -0.25) is 9.78 Å². The van der Waals surface area contributed by atoms with E-state index in [-0.39, 0.29) is 5.91 Å².